The molecule has 0 radical (unpaired) electrons. The SMILES string of the molecule is CC(C)NC(=O)C(C)Oc1ccc(CN)cc1Br. The topological polar surface area (TPSA) is 64.3 Å². The van der Waals surface area contributed by atoms with Gasteiger partial charge in [0.2, 0.25) is 0 Å². The average molecular weight is 315 g/mol. The molecule has 1 rings (SSSR count). The van der Waals surface area contributed by atoms with Gasteiger partial charge in [-0.25, -0.2) is 0 Å². The van der Waals surface area contributed by atoms with Crippen LogP contribution < -0.4 is 15.8 Å². The number of hydrogen-bond acceptors (Lipinski definition) is 3. The summed E-state index contributed by atoms with van der Waals surface area (Å²) < 4.78 is 6.41. The Hall–Kier alpha value is -1.07. The van der Waals surface area contributed by atoms with Crippen molar-refractivity contribution in [3.05, 3.63) is 28.2 Å². The Bertz CT molecular complexity index is 421. The predicted octanol–water partition coefficient (Wildman–Crippen LogP) is 2.20. The first-order valence-corrected chi connectivity index (χ1v) is 6.69. The van der Waals surface area contributed by atoms with E-state index in [1.807, 2.05) is 32.0 Å². The lowest BCUT2D eigenvalue weighted by atomic mass is 10.2. The average Bonchev–Trinajstić information content (AvgIpc) is 2.30. The second-order valence-corrected chi connectivity index (χ2v) is 5.25. The Morgan fingerprint density at radius 2 is 2.11 bits per heavy atom. The molecule has 1 unspecified atom stereocenters. The Labute approximate surface area is 116 Å². The molecule has 1 aromatic carbocycles. The fourth-order valence-electron chi connectivity index (χ4n) is 1.41. The van der Waals surface area contributed by atoms with Crippen molar-refractivity contribution in [1.82, 2.24) is 5.32 Å². The first-order chi connectivity index (χ1) is 8.43. The minimum absolute atomic E-state index is 0.103. The zero-order chi connectivity index (χ0) is 13.7. The second kappa shape index (κ2) is 6.75. The molecule has 18 heavy (non-hydrogen) atoms. The van der Waals surface area contributed by atoms with Crippen molar-refractivity contribution in [3.63, 3.8) is 0 Å². The summed E-state index contributed by atoms with van der Waals surface area (Å²) in [6.45, 7) is 6.02. The zero-order valence-electron chi connectivity index (χ0n) is 10.9. The molecule has 4 nitrogen and oxygen atoms in total. The summed E-state index contributed by atoms with van der Waals surface area (Å²) in [7, 11) is 0. The number of halogens is 1. The van der Waals surface area contributed by atoms with Gasteiger partial charge in [-0.3, -0.25) is 4.79 Å². The van der Waals surface area contributed by atoms with Crippen LogP contribution in [0.15, 0.2) is 22.7 Å². The van der Waals surface area contributed by atoms with Crippen molar-refractivity contribution in [1.29, 1.82) is 0 Å². The molecule has 1 aromatic rings. The van der Waals surface area contributed by atoms with E-state index in [0.717, 1.165) is 10.0 Å². The van der Waals surface area contributed by atoms with Crippen LogP contribution in [0.1, 0.15) is 26.3 Å². The van der Waals surface area contributed by atoms with Crippen molar-refractivity contribution in [2.45, 2.75) is 39.5 Å². The highest BCUT2D eigenvalue weighted by Crippen LogP contribution is 2.26. The number of hydrogen-bond donors (Lipinski definition) is 2. The summed E-state index contributed by atoms with van der Waals surface area (Å²) in [6.07, 6.45) is -0.535. The lowest BCUT2D eigenvalue weighted by Crippen LogP contribution is -2.40. The van der Waals surface area contributed by atoms with Crippen LogP contribution in [0.2, 0.25) is 0 Å². The van der Waals surface area contributed by atoms with E-state index >= 15 is 0 Å². The molecule has 0 aliphatic carbocycles. The van der Waals surface area contributed by atoms with Gasteiger partial charge in [0.15, 0.2) is 6.10 Å². The van der Waals surface area contributed by atoms with E-state index in [1.54, 1.807) is 6.92 Å². The van der Waals surface area contributed by atoms with Crippen molar-refractivity contribution >= 4 is 21.8 Å². The molecular formula is C13H19BrN2O2. The van der Waals surface area contributed by atoms with Gasteiger partial charge in [0.1, 0.15) is 5.75 Å². The van der Waals surface area contributed by atoms with Crippen LogP contribution >= 0.6 is 15.9 Å². The van der Waals surface area contributed by atoms with Crippen LogP contribution in [0.4, 0.5) is 0 Å². The number of benzene rings is 1. The summed E-state index contributed by atoms with van der Waals surface area (Å²) >= 11 is 3.40. The van der Waals surface area contributed by atoms with Crippen LogP contribution in [-0.4, -0.2) is 18.1 Å². The number of nitrogens with one attached hydrogen (secondary N) is 1. The molecule has 0 saturated heterocycles. The van der Waals surface area contributed by atoms with Gasteiger partial charge in [0, 0.05) is 12.6 Å². The van der Waals surface area contributed by atoms with Gasteiger partial charge in [-0.15, -0.1) is 0 Å². The van der Waals surface area contributed by atoms with Gasteiger partial charge in [-0.1, -0.05) is 6.07 Å². The molecule has 5 heteroatoms. The maximum absolute atomic E-state index is 11.7. The maximum atomic E-state index is 11.7. The highest BCUT2D eigenvalue weighted by atomic mass is 79.9. The van der Waals surface area contributed by atoms with Gasteiger partial charge in [0.25, 0.3) is 5.91 Å². The summed E-state index contributed by atoms with van der Waals surface area (Å²) in [5.74, 6) is 0.512. The summed E-state index contributed by atoms with van der Waals surface area (Å²) in [5, 5.41) is 2.81. The molecule has 1 amide bonds. The van der Waals surface area contributed by atoms with E-state index in [2.05, 4.69) is 21.2 Å². The molecule has 0 aromatic heterocycles. The van der Waals surface area contributed by atoms with E-state index in [-0.39, 0.29) is 11.9 Å². The molecule has 1 atom stereocenters. The highest BCUT2D eigenvalue weighted by Gasteiger charge is 2.16. The van der Waals surface area contributed by atoms with Gasteiger partial charge in [-0.05, 0) is 54.4 Å². The molecule has 0 saturated carbocycles. The quantitative estimate of drug-likeness (QED) is 0.875. The maximum Gasteiger partial charge on any atom is 0.260 e. The van der Waals surface area contributed by atoms with E-state index in [4.69, 9.17) is 10.5 Å². The standard InChI is InChI=1S/C13H19BrN2O2/c1-8(2)16-13(17)9(3)18-12-5-4-10(7-15)6-11(12)14/h4-6,8-9H,7,15H2,1-3H3,(H,16,17). The number of amides is 1. The van der Waals surface area contributed by atoms with E-state index in [1.165, 1.54) is 0 Å². The Morgan fingerprint density at radius 3 is 2.61 bits per heavy atom. The number of nitrogens with two attached hydrogens (primary N) is 1. The molecule has 0 aliphatic heterocycles. The van der Waals surface area contributed by atoms with Gasteiger partial charge >= 0.3 is 0 Å². The monoisotopic (exact) mass is 314 g/mol. The fourth-order valence-corrected chi connectivity index (χ4v) is 1.93. The van der Waals surface area contributed by atoms with Crippen LogP contribution in [0.25, 0.3) is 0 Å². The highest BCUT2D eigenvalue weighted by molar-refractivity contribution is 9.10. The fraction of sp³-hybridized carbons (Fsp3) is 0.462. The largest absolute Gasteiger partial charge is 0.480 e. The molecule has 0 spiro atoms. The number of carbonyl (C=O) groups is 1. The third-order valence-electron chi connectivity index (χ3n) is 2.34. The molecule has 0 bridgehead atoms. The smallest absolute Gasteiger partial charge is 0.260 e. The normalized spacial score (nSPS) is 12.3. The zero-order valence-corrected chi connectivity index (χ0v) is 12.5. The summed E-state index contributed by atoms with van der Waals surface area (Å²) in [6, 6.07) is 5.69. The first-order valence-electron chi connectivity index (χ1n) is 5.89. The van der Waals surface area contributed by atoms with Gasteiger partial charge < -0.3 is 15.8 Å². The summed E-state index contributed by atoms with van der Waals surface area (Å²) in [4.78, 5) is 11.7. The minimum atomic E-state index is -0.535. The van der Waals surface area contributed by atoms with Crippen LogP contribution in [0.5, 0.6) is 5.75 Å². The van der Waals surface area contributed by atoms with Crippen LogP contribution in [0.3, 0.4) is 0 Å². The Morgan fingerprint density at radius 1 is 1.44 bits per heavy atom. The molecule has 0 heterocycles. The van der Waals surface area contributed by atoms with Crippen molar-refractivity contribution < 1.29 is 9.53 Å². The molecular weight excluding hydrogens is 296 g/mol. The first kappa shape index (κ1) is 15.0. The van der Waals surface area contributed by atoms with Crippen molar-refractivity contribution in [2.75, 3.05) is 0 Å². The lowest BCUT2D eigenvalue weighted by Gasteiger charge is -2.17. The van der Waals surface area contributed by atoms with E-state index in [9.17, 15) is 4.79 Å². The molecule has 100 valence electrons. The van der Waals surface area contributed by atoms with Crippen LogP contribution in [0, 0.1) is 0 Å². The minimum Gasteiger partial charge on any atom is -0.480 e. The number of rotatable bonds is 5. The van der Waals surface area contributed by atoms with Crippen molar-refractivity contribution in [2.24, 2.45) is 5.73 Å². The Balaban J connectivity index is 2.69. The van der Waals surface area contributed by atoms with E-state index in [0.29, 0.717) is 12.3 Å². The molecule has 0 aliphatic rings. The summed E-state index contributed by atoms with van der Waals surface area (Å²) in [5.41, 5.74) is 6.56. The van der Waals surface area contributed by atoms with Crippen LogP contribution in [-0.2, 0) is 11.3 Å². The van der Waals surface area contributed by atoms with Gasteiger partial charge in [-0.2, -0.15) is 0 Å². The number of ether oxygens (including phenoxy) is 1. The third kappa shape index (κ3) is 4.31. The lowest BCUT2D eigenvalue weighted by molar-refractivity contribution is -0.127. The molecule has 0 fully saturated rings. The third-order valence-corrected chi connectivity index (χ3v) is 2.96. The predicted molar refractivity (Wildman–Crippen MR) is 75.4 cm³/mol. The van der Waals surface area contributed by atoms with E-state index < -0.39 is 6.10 Å². The van der Waals surface area contributed by atoms with Crippen molar-refractivity contribution in [3.8, 4) is 5.75 Å². The second-order valence-electron chi connectivity index (χ2n) is 4.39. The Kier molecular flexibility index (Phi) is 5.62. The van der Waals surface area contributed by atoms with Gasteiger partial charge in [0.05, 0.1) is 4.47 Å². The number of carbonyl (C=O) groups excluding carboxylic acids is 1. The molecule has 3 N–H and O–H groups in total.